The number of rotatable bonds is 5. The molecule has 2 aromatic rings. The van der Waals surface area contributed by atoms with E-state index < -0.39 is 35.9 Å². The van der Waals surface area contributed by atoms with Gasteiger partial charge in [0.05, 0.1) is 16.6 Å². The minimum absolute atomic E-state index is 0.0677. The molecule has 0 aliphatic carbocycles. The van der Waals surface area contributed by atoms with Gasteiger partial charge in [0.2, 0.25) is 5.91 Å². The second kappa shape index (κ2) is 8.94. The molecule has 2 heterocycles. The lowest BCUT2D eigenvalue weighted by Gasteiger charge is -2.34. The molecule has 2 atom stereocenters. The zero-order chi connectivity index (χ0) is 22.9. The molecule has 1 fully saturated rings. The van der Waals surface area contributed by atoms with Crippen LogP contribution in [0.2, 0.25) is 0 Å². The van der Waals surface area contributed by atoms with E-state index in [2.05, 4.69) is 10.4 Å². The van der Waals surface area contributed by atoms with E-state index in [0.29, 0.717) is 25.3 Å². The van der Waals surface area contributed by atoms with E-state index in [-0.39, 0.29) is 29.2 Å². The second-order valence-corrected chi connectivity index (χ2v) is 8.21. The van der Waals surface area contributed by atoms with E-state index in [0.717, 1.165) is 22.9 Å². The zero-order valence-corrected chi connectivity index (χ0v) is 17.7. The summed E-state index contributed by atoms with van der Waals surface area (Å²) in [6, 6.07) is 2.51. The number of alkyl halides is 4. The van der Waals surface area contributed by atoms with Crippen molar-refractivity contribution in [1.82, 2.24) is 20.0 Å². The highest BCUT2D eigenvalue weighted by Crippen LogP contribution is 2.32. The van der Waals surface area contributed by atoms with Gasteiger partial charge in [-0.3, -0.25) is 14.5 Å². The standard InChI is InChI=1S/C21H26F4N4O2/c1-4-28-9-14(22)8-15(10-28)26-18(30)11-29-20(31)16-6-5-13(21(23,24)25)7-17(16)19(27-29)12(2)3/h5-7,12,14-15H,4,8-11H2,1-3H3,(H,26,30)/t14-,15-/m1/s1. The zero-order valence-electron chi connectivity index (χ0n) is 17.7. The molecule has 1 N–H and O–H groups in total. The number of fused-ring (bicyclic) bond motifs is 1. The Labute approximate surface area is 177 Å². The summed E-state index contributed by atoms with van der Waals surface area (Å²) in [4.78, 5) is 27.2. The van der Waals surface area contributed by atoms with Gasteiger partial charge >= 0.3 is 6.18 Å². The fourth-order valence-corrected chi connectivity index (χ4v) is 3.92. The number of aromatic nitrogens is 2. The first-order chi connectivity index (χ1) is 14.5. The number of likely N-dealkylation sites (N-methyl/N-ethyl adjacent to an activating group) is 1. The Kier molecular flexibility index (Phi) is 6.68. The van der Waals surface area contributed by atoms with Crippen LogP contribution in [0.25, 0.3) is 10.8 Å². The molecule has 0 bridgehead atoms. The summed E-state index contributed by atoms with van der Waals surface area (Å²) in [5.74, 6) is -0.768. The number of nitrogens with zero attached hydrogens (tertiary/aromatic N) is 3. The molecule has 3 rings (SSSR count). The molecule has 170 valence electrons. The van der Waals surface area contributed by atoms with Crippen molar-refractivity contribution in [2.75, 3.05) is 19.6 Å². The lowest BCUT2D eigenvalue weighted by molar-refractivity contribution is -0.137. The van der Waals surface area contributed by atoms with Crippen LogP contribution in [-0.2, 0) is 17.5 Å². The average molecular weight is 442 g/mol. The van der Waals surface area contributed by atoms with Crippen molar-refractivity contribution in [3.63, 3.8) is 0 Å². The monoisotopic (exact) mass is 442 g/mol. The topological polar surface area (TPSA) is 67.2 Å². The molecule has 1 aromatic heterocycles. The SMILES string of the molecule is CCN1C[C@H](F)C[C@@H](NC(=O)Cn2nc(C(C)C)c3cc(C(F)(F)F)ccc3c2=O)C1. The summed E-state index contributed by atoms with van der Waals surface area (Å²) in [6.45, 7) is 6.52. The Morgan fingerprint density at radius 2 is 1.97 bits per heavy atom. The lowest BCUT2D eigenvalue weighted by atomic mass is 10.0. The van der Waals surface area contributed by atoms with Gasteiger partial charge in [-0.2, -0.15) is 18.3 Å². The second-order valence-electron chi connectivity index (χ2n) is 8.21. The first-order valence-corrected chi connectivity index (χ1v) is 10.3. The molecule has 10 heteroatoms. The number of piperidine rings is 1. The van der Waals surface area contributed by atoms with Crippen molar-refractivity contribution in [2.45, 2.75) is 58.0 Å². The van der Waals surface area contributed by atoms with Gasteiger partial charge in [0, 0.05) is 30.9 Å². The van der Waals surface area contributed by atoms with Crippen LogP contribution in [0.5, 0.6) is 0 Å². The number of nitrogens with one attached hydrogen (secondary N) is 1. The van der Waals surface area contributed by atoms with E-state index in [1.165, 1.54) is 0 Å². The van der Waals surface area contributed by atoms with Crippen LogP contribution in [0.15, 0.2) is 23.0 Å². The highest BCUT2D eigenvalue weighted by atomic mass is 19.4. The fraction of sp³-hybridized carbons (Fsp3) is 0.571. The van der Waals surface area contributed by atoms with E-state index >= 15 is 0 Å². The third kappa shape index (κ3) is 5.23. The smallest absolute Gasteiger partial charge is 0.350 e. The molecule has 1 saturated heterocycles. The number of halogens is 4. The Morgan fingerprint density at radius 1 is 1.26 bits per heavy atom. The summed E-state index contributed by atoms with van der Waals surface area (Å²) in [5.41, 5.74) is -1.21. The first-order valence-electron chi connectivity index (χ1n) is 10.3. The predicted molar refractivity (Wildman–Crippen MR) is 109 cm³/mol. The summed E-state index contributed by atoms with van der Waals surface area (Å²) in [7, 11) is 0. The van der Waals surface area contributed by atoms with Gasteiger partial charge in [0.1, 0.15) is 12.7 Å². The van der Waals surface area contributed by atoms with Crippen LogP contribution < -0.4 is 10.9 Å². The number of carbonyl (C=O) groups excluding carboxylic acids is 1. The molecule has 1 amide bonds. The minimum atomic E-state index is -4.54. The van der Waals surface area contributed by atoms with Crippen LogP contribution >= 0.6 is 0 Å². The molecule has 1 aliphatic heterocycles. The number of hydrogen-bond acceptors (Lipinski definition) is 4. The van der Waals surface area contributed by atoms with Gasteiger partial charge in [-0.1, -0.05) is 20.8 Å². The molecule has 31 heavy (non-hydrogen) atoms. The molecular formula is C21H26F4N4O2. The van der Waals surface area contributed by atoms with Gasteiger partial charge in [0.25, 0.3) is 5.56 Å². The van der Waals surface area contributed by atoms with E-state index in [1.807, 2.05) is 11.8 Å². The average Bonchev–Trinajstić information content (AvgIpc) is 2.68. The summed E-state index contributed by atoms with van der Waals surface area (Å²) in [5, 5.41) is 7.13. The normalized spacial score (nSPS) is 20.4. The highest BCUT2D eigenvalue weighted by molar-refractivity contribution is 5.85. The van der Waals surface area contributed by atoms with Crippen LogP contribution in [-0.4, -0.2) is 52.4 Å². The van der Waals surface area contributed by atoms with Gasteiger partial charge in [-0.25, -0.2) is 9.07 Å². The Morgan fingerprint density at radius 3 is 2.58 bits per heavy atom. The molecule has 0 saturated carbocycles. The highest BCUT2D eigenvalue weighted by Gasteiger charge is 2.31. The Hall–Kier alpha value is -2.49. The van der Waals surface area contributed by atoms with Gasteiger partial charge in [-0.15, -0.1) is 0 Å². The maximum atomic E-state index is 13.9. The summed E-state index contributed by atoms with van der Waals surface area (Å²) >= 11 is 0. The lowest BCUT2D eigenvalue weighted by Crippen LogP contribution is -2.52. The Balaban J connectivity index is 1.89. The van der Waals surface area contributed by atoms with Crippen LogP contribution in [0.1, 0.15) is 44.4 Å². The van der Waals surface area contributed by atoms with Crippen molar-refractivity contribution in [3.8, 4) is 0 Å². The third-order valence-corrected chi connectivity index (χ3v) is 5.44. The third-order valence-electron chi connectivity index (χ3n) is 5.44. The molecular weight excluding hydrogens is 416 g/mol. The van der Waals surface area contributed by atoms with Gasteiger partial charge < -0.3 is 5.32 Å². The van der Waals surface area contributed by atoms with Crippen LogP contribution in [0, 0.1) is 0 Å². The van der Waals surface area contributed by atoms with Crippen molar-refractivity contribution in [3.05, 3.63) is 39.8 Å². The van der Waals surface area contributed by atoms with E-state index in [4.69, 9.17) is 0 Å². The molecule has 6 nitrogen and oxygen atoms in total. The number of likely N-dealkylation sites (tertiary alicyclic amines) is 1. The summed E-state index contributed by atoms with van der Waals surface area (Å²) in [6.07, 6.45) is -5.40. The summed E-state index contributed by atoms with van der Waals surface area (Å²) < 4.78 is 54.2. The number of carbonyl (C=O) groups is 1. The Bertz CT molecular complexity index is 1020. The van der Waals surface area contributed by atoms with Crippen molar-refractivity contribution in [1.29, 1.82) is 0 Å². The molecule has 0 spiro atoms. The maximum absolute atomic E-state index is 13.9. The van der Waals surface area contributed by atoms with E-state index in [1.54, 1.807) is 13.8 Å². The quantitative estimate of drug-likeness (QED) is 0.723. The van der Waals surface area contributed by atoms with Crippen LogP contribution in [0.4, 0.5) is 17.6 Å². The largest absolute Gasteiger partial charge is 0.416 e. The number of hydrogen-bond donors (Lipinski definition) is 1. The fourth-order valence-electron chi connectivity index (χ4n) is 3.92. The van der Waals surface area contributed by atoms with E-state index in [9.17, 15) is 27.2 Å². The number of benzene rings is 1. The number of amides is 1. The van der Waals surface area contributed by atoms with Crippen LogP contribution in [0.3, 0.4) is 0 Å². The predicted octanol–water partition coefficient (Wildman–Crippen LogP) is 3.09. The molecule has 1 aromatic carbocycles. The molecule has 0 unspecified atom stereocenters. The van der Waals surface area contributed by atoms with Crippen molar-refractivity contribution < 1.29 is 22.4 Å². The molecule has 1 aliphatic rings. The van der Waals surface area contributed by atoms with Crippen molar-refractivity contribution >= 4 is 16.7 Å². The minimum Gasteiger partial charge on any atom is -0.350 e. The van der Waals surface area contributed by atoms with Crippen molar-refractivity contribution in [2.24, 2.45) is 0 Å². The maximum Gasteiger partial charge on any atom is 0.416 e. The molecule has 0 radical (unpaired) electrons. The van der Waals surface area contributed by atoms with Gasteiger partial charge in [0.15, 0.2) is 0 Å². The first kappa shape index (κ1) is 23.2. The van der Waals surface area contributed by atoms with Gasteiger partial charge in [-0.05, 0) is 30.7 Å².